The van der Waals surface area contributed by atoms with E-state index in [2.05, 4.69) is 22.2 Å². The Morgan fingerprint density at radius 2 is 1.93 bits per heavy atom. The molecule has 0 bridgehead atoms. The van der Waals surface area contributed by atoms with E-state index in [4.69, 9.17) is 0 Å². The van der Waals surface area contributed by atoms with Gasteiger partial charge in [0.2, 0.25) is 0 Å². The average Bonchev–Trinajstić information content (AvgIpc) is 2.80. The van der Waals surface area contributed by atoms with Crippen LogP contribution < -0.4 is 5.32 Å². The third-order valence-corrected chi connectivity index (χ3v) is 3.02. The van der Waals surface area contributed by atoms with Crippen LogP contribution in [-0.4, -0.2) is 16.5 Å². The fraction of sp³-hybridized carbons (Fsp3) is 0.667. The van der Waals surface area contributed by atoms with Crippen LogP contribution in [0.3, 0.4) is 0 Å². The van der Waals surface area contributed by atoms with Crippen LogP contribution >= 0.6 is 0 Å². The van der Waals surface area contributed by atoms with Gasteiger partial charge in [0.05, 0.1) is 0 Å². The van der Waals surface area contributed by atoms with Crippen molar-refractivity contribution in [2.45, 2.75) is 45.1 Å². The summed E-state index contributed by atoms with van der Waals surface area (Å²) in [5.41, 5.74) is 1.18. The molecule has 3 nitrogen and oxygen atoms in total. The van der Waals surface area contributed by atoms with E-state index in [1.807, 2.05) is 12.4 Å². The first kappa shape index (κ1) is 10.6. The van der Waals surface area contributed by atoms with Gasteiger partial charge in [-0.3, -0.25) is 0 Å². The van der Waals surface area contributed by atoms with Gasteiger partial charge in [-0.05, 0) is 19.4 Å². The summed E-state index contributed by atoms with van der Waals surface area (Å²) < 4.78 is 0. The Morgan fingerprint density at radius 1 is 1.27 bits per heavy atom. The zero-order chi connectivity index (χ0) is 10.5. The molecule has 1 fully saturated rings. The van der Waals surface area contributed by atoms with E-state index in [1.165, 1.54) is 31.2 Å². The summed E-state index contributed by atoms with van der Waals surface area (Å²) in [5.74, 6) is 1.67. The first-order chi connectivity index (χ1) is 7.40. The Bertz CT molecular complexity index is 288. The van der Waals surface area contributed by atoms with Crippen molar-refractivity contribution in [1.29, 1.82) is 0 Å². The molecule has 0 aliphatic heterocycles. The fourth-order valence-electron chi connectivity index (χ4n) is 2.12. The smallest absolute Gasteiger partial charge is 0.131 e. The third-order valence-electron chi connectivity index (χ3n) is 3.02. The normalized spacial score (nSPS) is 17.1. The molecule has 1 aliphatic carbocycles. The summed E-state index contributed by atoms with van der Waals surface area (Å²) in [4.78, 5) is 8.92. The summed E-state index contributed by atoms with van der Waals surface area (Å²) in [7, 11) is 0. The highest BCUT2D eigenvalue weighted by Gasteiger charge is 2.19. The predicted octanol–water partition coefficient (Wildman–Crippen LogP) is 2.24. The highest BCUT2D eigenvalue weighted by molar-refractivity contribution is 5.08. The summed E-state index contributed by atoms with van der Waals surface area (Å²) in [6.07, 6.45) is 9.14. The Kier molecular flexibility index (Phi) is 3.67. The maximum Gasteiger partial charge on any atom is 0.131 e. The first-order valence-corrected chi connectivity index (χ1v) is 5.91. The molecule has 82 valence electrons. The minimum absolute atomic E-state index is 0.623. The van der Waals surface area contributed by atoms with Crippen LogP contribution in [0.1, 0.15) is 49.9 Å². The topological polar surface area (TPSA) is 37.8 Å². The van der Waals surface area contributed by atoms with Gasteiger partial charge in [0, 0.05) is 30.4 Å². The van der Waals surface area contributed by atoms with Gasteiger partial charge in [-0.1, -0.05) is 19.8 Å². The largest absolute Gasteiger partial charge is 0.313 e. The van der Waals surface area contributed by atoms with E-state index in [0.717, 1.165) is 18.9 Å². The van der Waals surface area contributed by atoms with Crippen LogP contribution in [0.4, 0.5) is 0 Å². The minimum atomic E-state index is 0.623. The van der Waals surface area contributed by atoms with Crippen molar-refractivity contribution in [3.63, 3.8) is 0 Å². The van der Waals surface area contributed by atoms with Gasteiger partial charge < -0.3 is 5.32 Å². The van der Waals surface area contributed by atoms with Gasteiger partial charge in [-0.2, -0.15) is 0 Å². The minimum Gasteiger partial charge on any atom is -0.313 e. The molecule has 3 heteroatoms. The van der Waals surface area contributed by atoms with E-state index in [9.17, 15) is 0 Å². The van der Waals surface area contributed by atoms with Crippen molar-refractivity contribution >= 4 is 0 Å². The second-order valence-electron chi connectivity index (χ2n) is 4.21. The van der Waals surface area contributed by atoms with E-state index in [1.54, 1.807) is 0 Å². The second kappa shape index (κ2) is 5.21. The van der Waals surface area contributed by atoms with E-state index in [-0.39, 0.29) is 0 Å². The predicted molar refractivity (Wildman–Crippen MR) is 60.6 cm³/mol. The quantitative estimate of drug-likeness (QED) is 0.819. The average molecular weight is 205 g/mol. The highest BCUT2D eigenvalue weighted by Crippen LogP contribution is 2.31. The fourth-order valence-corrected chi connectivity index (χ4v) is 2.12. The number of rotatable bonds is 4. The number of hydrogen-bond donors (Lipinski definition) is 1. The zero-order valence-electron chi connectivity index (χ0n) is 9.37. The molecule has 1 aliphatic rings. The molecule has 0 amide bonds. The molecule has 0 saturated heterocycles. The molecule has 1 aromatic rings. The SMILES string of the molecule is CCNCc1cnc(C2CCCC2)nc1. The molecule has 1 aromatic heterocycles. The van der Waals surface area contributed by atoms with Gasteiger partial charge in [0.15, 0.2) is 0 Å². The molecule has 0 radical (unpaired) electrons. The lowest BCUT2D eigenvalue weighted by Crippen LogP contribution is -2.12. The monoisotopic (exact) mass is 205 g/mol. The maximum absolute atomic E-state index is 4.46. The van der Waals surface area contributed by atoms with Crippen LogP contribution in [-0.2, 0) is 6.54 Å². The third kappa shape index (κ3) is 2.75. The Morgan fingerprint density at radius 3 is 2.53 bits per heavy atom. The van der Waals surface area contributed by atoms with Gasteiger partial charge in [-0.15, -0.1) is 0 Å². The van der Waals surface area contributed by atoms with Crippen LogP contribution in [0, 0.1) is 0 Å². The Balaban J connectivity index is 1.96. The molecule has 2 rings (SSSR count). The number of nitrogens with zero attached hydrogens (tertiary/aromatic N) is 2. The van der Waals surface area contributed by atoms with E-state index < -0.39 is 0 Å². The molecular weight excluding hydrogens is 186 g/mol. The van der Waals surface area contributed by atoms with Crippen LogP contribution in [0.5, 0.6) is 0 Å². The van der Waals surface area contributed by atoms with Crippen LogP contribution in [0.15, 0.2) is 12.4 Å². The maximum atomic E-state index is 4.46. The number of nitrogens with one attached hydrogen (secondary N) is 1. The Hall–Kier alpha value is -0.960. The standard InChI is InChI=1S/C12H19N3/c1-2-13-7-10-8-14-12(15-9-10)11-5-3-4-6-11/h8-9,11,13H,2-7H2,1H3. The molecule has 0 unspecified atom stereocenters. The van der Waals surface area contributed by atoms with Gasteiger partial charge >= 0.3 is 0 Å². The van der Waals surface area contributed by atoms with E-state index in [0.29, 0.717) is 5.92 Å². The lowest BCUT2D eigenvalue weighted by molar-refractivity contribution is 0.658. The molecule has 0 spiro atoms. The summed E-state index contributed by atoms with van der Waals surface area (Å²) >= 11 is 0. The van der Waals surface area contributed by atoms with Crippen molar-refractivity contribution in [3.8, 4) is 0 Å². The van der Waals surface area contributed by atoms with Crippen LogP contribution in [0.25, 0.3) is 0 Å². The lowest BCUT2D eigenvalue weighted by atomic mass is 10.1. The van der Waals surface area contributed by atoms with Crippen molar-refractivity contribution in [2.24, 2.45) is 0 Å². The van der Waals surface area contributed by atoms with E-state index >= 15 is 0 Å². The summed E-state index contributed by atoms with van der Waals surface area (Å²) in [6.45, 7) is 3.97. The first-order valence-electron chi connectivity index (χ1n) is 5.91. The highest BCUT2D eigenvalue weighted by atomic mass is 14.9. The zero-order valence-corrected chi connectivity index (χ0v) is 9.37. The second-order valence-corrected chi connectivity index (χ2v) is 4.21. The molecule has 0 atom stereocenters. The van der Waals surface area contributed by atoms with Gasteiger partial charge in [0.25, 0.3) is 0 Å². The van der Waals surface area contributed by atoms with Gasteiger partial charge in [-0.25, -0.2) is 9.97 Å². The van der Waals surface area contributed by atoms with Crippen molar-refractivity contribution in [2.75, 3.05) is 6.54 Å². The molecule has 1 saturated carbocycles. The van der Waals surface area contributed by atoms with Crippen LogP contribution in [0.2, 0.25) is 0 Å². The van der Waals surface area contributed by atoms with Gasteiger partial charge in [0.1, 0.15) is 5.82 Å². The number of aromatic nitrogens is 2. The molecule has 1 heterocycles. The lowest BCUT2D eigenvalue weighted by Gasteiger charge is -2.07. The van der Waals surface area contributed by atoms with Crippen molar-refractivity contribution in [3.05, 3.63) is 23.8 Å². The Labute approximate surface area is 91.3 Å². The molecule has 0 aromatic carbocycles. The summed E-state index contributed by atoms with van der Waals surface area (Å²) in [6, 6.07) is 0. The van der Waals surface area contributed by atoms with Crippen molar-refractivity contribution in [1.82, 2.24) is 15.3 Å². The number of hydrogen-bond acceptors (Lipinski definition) is 3. The molecule has 1 N–H and O–H groups in total. The molecule has 15 heavy (non-hydrogen) atoms. The molecular formula is C12H19N3. The van der Waals surface area contributed by atoms with Crippen molar-refractivity contribution < 1.29 is 0 Å². The summed E-state index contributed by atoms with van der Waals surface area (Å²) in [5, 5.41) is 3.27.